The predicted molar refractivity (Wildman–Crippen MR) is 89.2 cm³/mol. The van der Waals surface area contributed by atoms with Gasteiger partial charge in [-0.15, -0.1) is 0 Å². The summed E-state index contributed by atoms with van der Waals surface area (Å²) < 4.78 is 45.5. The maximum atomic E-state index is 12.3. The van der Waals surface area contributed by atoms with Gasteiger partial charge in [-0.3, -0.25) is 0 Å². The quantitative estimate of drug-likeness (QED) is 0.510. The van der Waals surface area contributed by atoms with E-state index in [2.05, 4.69) is 0 Å². The Kier molecular flexibility index (Phi) is 6.45. The topological polar surface area (TPSA) is 71.1 Å². The van der Waals surface area contributed by atoms with E-state index in [4.69, 9.17) is 18.4 Å². The third-order valence-corrected chi connectivity index (χ3v) is 4.33. The molecule has 0 heterocycles. The van der Waals surface area contributed by atoms with Crippen LogP contribution < -0.4 is 13.7 Å². The van der Waals surface area contributed by atoms with Crippen molar-refractivity contribution in [1.82, 2.24) is 0 Å². The van der Waals surface area contributed by atoms with Crippen molar-refractivity contribution in [2.24, 2.45) is 0 Å². The molecule has 0 atom stereocenters. The summed E-state index contributed by atoms with van der Waals surface area (Å²) in [4.78, 5) is 0.0329. The smallest absolute Gasteiger partial charge is 0.339 e. The summed E-state index contributed by atoms with van der Waals surface area (Å²) in [5.74, 6) is 1.04. The van der Waals surface area contributed by atoms with Gasteiger partial charge in [0.1, 0.15) is 17.3 Å². The lowest BCUT2D eigenvalue weighted by Crippen LogP contribution is -2.10. The van der Waals surface area contributed by atoms with E-state index in [9.17, 15) is 8.42 Å². The van der Waals surface area contributed by atoms with Crippen molar-refractivity contribution in [3.05, 3.63) is 48.5 Å². The molecule has 0 fully saturated rings. The summed E-state index contributed by atoms with van der Waals surface area (Å²) in [6, 6.07) is 12.6. The lowest BCUT2D eigenvalue weighted by molar-refractivity contribution is 0.110. The first-order chi connectivity index (χ1) is 11.6. The first-order valence-electron chi connectivity index (χ1n) is 7.45. The number of hydrogen-bond donors (Lipinski definition) is 0. The average molecular weight is 352 g/mol. The molecule has 0 amide bonds. The number of hydrogen-bond acceptors (Lipinski definition) is 6. The Hall–Kier alpha value is -2.25. The van der Waals surface area contributed by atoms with Crippen LogP contribution in [0.4, 0.5) is 0 Å². The zero-order chi connectivity index (χ0) is 17.4. The SMILES string of the molecule is CCOCCOc1ccc(S(=O)(=O)Oc2ccccc2OC)cc1. The van der Waals surface area contributed by atoms with E-state index < -0.39 is 10.1 Å². The third-order valence-electron chi connectivity index (χ3n) is 3.08. The molecule has 0 saturated heterocycles. The predicted octanol–water partition coefficient (Wildman–Crippen LogP) is 2.88. The van der Waals surface area contributed by atoms with Crippen LogP contribution in [0.2, 0.25) is 0 Å². The van der Waals surface area contributed by atoms with Crippen LogP contribution in [0.3, 0.4) is 0 Å². The molecule has 2 rings (SSSR count). The largest absolute Gasteiger partial charge is 0.493 e. The van der Waals surface area contributed by atoms with Gasteiger partial charge in [-0.1, -0.05) is 12.1 Å². The summed E-state index contributed by atoms with van der Waals surface area (Å²) in [5.41, 5.74) is 0. The third kappa shape index (κ3) is 4.87. The normalized spacial score (nSPS) is 11.1. The highest BCUT2D eigenvalue weighted by Gasteiger charge is 2.18. The molecular formula is C17H20O6S. The van der Waals surface area contributed by atoms with Crippen LogP contribution in [0.1, 0.15) is 6.92 Å². The van der Waals surface area contributed by atoms with Crippen molar-refractivity contribution < 1.29 is 26.8 Å². The fraction of sp³-hybridized carbons (Fsp3) is 0.294. The summed E-state index contributed by atoms with van der Waals surface area (Å²) in [7, 11) is -2.50. The molecule has 130 valence electrons. The van der Waals surface area contributed by atoms with E-state index >= 15 is 0 Å². The molecule has 0 radical (unpaired) electrons. The summed E-state index contributed by atoms with van der Waals surface area (Å²) in [5, 5.41) is 0. The second kappa shape index (κ2) is 8.56. The number of ether oxygens (including phenoxy) is 3. The minimum Gasteiger partial charge on any atom is -0.493 e. The summed E-state index contributed by atoms with van der Waals surface area (Å²) in [6.07, 6.45) is 0. The van der Waals surface area contributed by atoms with Gasteiger partial charge in [0.25, 0.3) is 0 Å². The van der Waals surface area contributed by atoms with Gasteiger partial charge in [-0.25, -0.2) is 0 Å². The lowest BCUT2D eigenvalue weighted by Gasteiger charge is -2.11. The number of benzene rings is 2. The van der Waals surface area contributed by atoms with Gasteiger partial charge in [-0.05, 0) is 43.3 Å². The van der Waals surface area contributed by atoms with Gasteiger partial charge >= 0.3 is 10.1 Å². The van der Waals surface area contributed by atoms with Gasteiger partial charge in [0.15, 0.2) is 11.5 Å². The van der Waals surface area contributed by atoms with Crippen LogP contribution in [0.15, 0.2) is 53.4 Å². The number of para-hydroxylation sites is 2. The van der Waals surface area contributed by atoms with E-state index in [0.29, 0.717) is 31.3 Å². The van der Waals surface area contributed by atoms with E-state index in [1.54, 1.807) is 30.3 Å². The van der Waals surface area contributed by atoms with Crippen LogP contribution >= 0.6 is 0 Å². The highest BCUT2D eigenvalue weighted by molar-refractivity contribution is 7.87. The maximum absolute atomic E-state index is 12.3. The Morgan fingerprint density at radius 2 is 1.58 bits per heavy atom. The van der Waals surface area contributed by atoms with Gasteiger partial charge < -0.3 is 18.4 Å². The first kappa shape index (κ1) is 18.1. The first-order valence-corrected chi connectivity index (χ1v) is 8.85. The van der Waals surface area contributed by atoms with Crippen molar-refractivity contribution in [2.45, 2.75) is 11.8 Å². The molecule has 0 bridgehead atoms. The molecule has 2 aromatic rings. The highest BCUT2D eigenvalue weighted by Crippen LogP contribution is 2.29. The van der Waals surface area contributed by atoms with Gasteiger partial charge in [0.05, 0.1) is 13.7 Å². The van der Waals surface area contributed by atoms with E-state index in [-0.39, 0.29) is 10.6 Å². The minimum absolute atomic E-state index is 0.0329. The Bertz CT molecular complexity index is 740. The molecule has 0 aliphatic rings. The van der Waals surface area contributed by atoms with Crippen LogP contribution in [0.25, 0.3) is 0 Å². The van der Waals surface area contributed by atoms with Gasteiger partial charge in [0, 0.05) is 6.61 Å². The highest BCUT2D eigenvalue weighted by atomic mass is 32.2. The van der Waals surface area contributed by atoms with Gasteiger partial charge in [-0.2, -0.15) is 8.42 Å². The monoisotopic (exact) mass is 352 g/mol. The molecule has 24 heavy (non-hydrogen) atoms. The zero-order valence-electron chi connectivity index (χ0n) is 13.6. The second-order valence-electron chi connectivity index (χ2n) is 4.71. The average Bonchev–Trinajstić information content (AvgIpc) is 2.59. The molecule has 0 aromatic heterocycles. The van der Waals surface area contributed by atoms with Crippen LogP contribution in [-0.4, -0.2) is 35.3 Å². The van der Waals surface area contributed by atoms with Crippen molar-refractivity contribution in [1.29, 1.82) is 0 Å². The Morgan fingerprint density at radius 3 is 2.21 bits per heavy atom. The Labute approximate surface area is 142 Å². The number of methoxy groups -OCH3 is 1. The molecule has 0 saturated carbocycles. The van der Waals surface area contributed by atoms with Crippen LogP contribution in [0, 0.1) is 0 Å². The maximum Gasteiger partial charge on any atom is 0.339 e. The number of rotatable bonds is 9. The fourth-order valence-corrected chi connectivity index (χ4v) is 2.86. The van der Waals surface area contributed by atoms with E-state index in [0.717, 1.165) is 0 Å². The Balaban J connectivity index is 2.06. The lowest BCUT2D eigenvalue weighted by atomic mass is 10.3. The molecular weight excluding hydrogens is 332 g/mol. The molecule has 2 aromatic carbocycles. The molecule has 0 aliphatic heterocycles. The fourth-order valence-electron chi connectivity index (χ4n) is 1.92. The van der Waals surface area contributed by atoms with Crippen molar-refractivity contribution in [2.75, 3.05) is 26.9 Å². The standard InChI is InChI=1S/C17H20O6S/c1-3-21-12-13-22-14-8-10-15(11-9-14)24(18,19)23-17-7-5-4-6-16(17)20-2/h4-11H,3,12-13H2,1-2H3. The van der Waals surface area contributed by atoms with Gasteiger partial charge in [0.2, 0.25) is 0 Å². The molecule has 6 nitrogen and oxygen atoms in total. The van der Waals surface area contributed by atoms with Crippen LogP contribution in [0.5, 0.6) is 17.2 Å². The molecule has 0 unspecified atom stereocenters. The minimum atomic E-state index is -3.95. The molecule has 0 aliphatic carbocycles. The van der Waals surface area contributed by atoms with E-state index in [1.165, 1.54) is 25.3 Å². The second-order valence-corrected chi connectivity index (χ2v) is 6.25. The zero-order valence-corrected chi connectivity index (χ0v) is 14.4. The van der Waals surface area contributed by atoms with Crippen LogP contribution in [-0.2, 0) is 14.9 Å². The Morgan fingerprint density at radius 1 is 0.917 bits per heavy atom. The molecule has 0 spiro atoms. The van der Waals surface area contributed by atoms with E-state index in [1.807, 2.05) is 6.92 Å². The molecule has 0 N–H and O–H groups in total. The van der Waals surface area contributed by atoms with Crippen molar-refractivity contribution in [3.63, 3.8) is 0 Å². The summed E-state index contributed by atoms with van der Waals surface area (Å²) in [6.45, 7) is 3.41. The molecule has 7 heteroatoms. The van der Waals surface area contributed by atoms with Crippen molar-refractivity contribution in [3.8, 4) is 17.2 Å². The summed E-state index contributed by atoms with van der Waals surface area (Å²) >= 11 is 0. The van der Waals surface area contributed by atoms with Crippen molar-refractivity contribution >= 4 is 10.1 Å².